The number of benzene rings is 2. The SMILES string of the molecule is O=C(COC(=O)c1ccc(N2NC(=O)CCC2=O)cc1)Nc1ccc(SC(F)F)cc1. The minimum atomic E-state index is -2.53. The van der Waals surface area contributed by atoms with E-state index >= 15 is 0 Å². The van der Waals surface area contributed by atoms with Gasteiger partial charge in [0.1, 0.15) is 0 Å². The molecule has 8 nitrogen and oxygen atoms in total. The molecule has 1 aliphatic rings. The number of carbonyl (C=O) groups is 4. The molecule has 2 N–H and O–H groups in total. The number of anilines is 2. The molecule has 1 saturated heterocycles. The molecule has 1 fully saturated rings. The molecule has 31 heavy (non-hydrogen) atoms. The standard InChI is InChI=1S/C20H17F2N3O5S/c21-20(22)31-15-7-3-13(4-8-15)23-17(27)11-30-19(29)12-1-5-14(6-2-12)25-18(28)10-9-16(26)24-25/h1-8,20H,9-11H2,(H,23,27)(H,24,26). The number of nitrogens with zero attached hydrogens (tertiary/aromatic N) is 1. The fourth-order valence-corrected chi connectivity index (χ4v) is 3.16. The molecule has 0 aliphatic carbocycles. The summed E-state index contributed by atoms with van der Waals surface area (Å²) in [6, 6.07) is 11.6. The van der Waals surface area contributed by atoms with Crippen molar-refractivity contribution >= 4 is 46.8 Å². The van der Waals surface area contributed by atoms with Crippen molar-refractivity contribution in [1.82, 2.24) is 5.43 Å². The van der Waals surface area contributed by atoms with Gasteiger partial charge in [0.05, 0.1) is 11.3 Å². The molecule has 1 heterocycles. The van der Waals surface area contributed by atoms with Crippen LogP contribution < -0.4 is 15.8 Å². The van der Waals surface area contributed by atoms with Crippen LogP contribution in [0.5, 0.6) is 0 Å². The highest BCUT2D eigenvalue weighted by atomic mass is 32.2. The maximum Gasteiger partial charge on any atom is 0.338 e. The van der Waals surface area contributed by atoms with E-state index in [0.717, 1.165) is 5.01 Å². The summed E-state index contributed by atoms with van der Waals surface area (Å²) in [5.41, 5.74) is 3.36. The Bertz CT molecular complexity index is 983. The van der Waals surface area contributed by atoms with Crippen LogP contribution in [0.3, 0.4) is 0 Å². The van der Waals surface area contributed by atoms with Gasteiger partial charge in [-0.2, -0.15) is 8.78 Å². The first-order valence-electron chi connectivity index (χ1n) is 9.06. The zero-order chi connectivity index (χ0) is 22.4. The van der Waals surface area contributed by atoms with Crippen LogP contribution in [-0.4, -0.2) is 36.1 Å². The average Bonchev–Trinajstić information content (AvgIpc) is 2.75. The second-order valence-electron chi connectivity index (χ2n) is 6.34. The van der Waals surface area contributed by atoms with Gasteiger partial charge in [-0.05, 0) is 48.5 Å². The number of halogens is 2. The molecule has 0 aromatic heterocycles. The molecule has 11 heteroatoms. The molecule has 0 spiro atoms. The molecular formula is C20H17F2N3O5S. The third-order valence-corrected chi connectivity index (χ3v) is 4.83. The quantitative estimate of drug-likeness (QED) is 0.498. The molecule has 2 aromatic rings. The molecule has 3 rings (SSSR count). The smallest absolute Gasteiger partial charge is 0.338 e. The molecule has 2 aromatic carbocycles. The van der Waals surface area contributed by atoms with Crippen molar-refractivity contribution in [3.8, 4) is 0 Å². The van der Waals surface area contributed by atoms with Crippen LogP contribution in [0, 0.1) is 0 Å². The Morgan fingerprint density at radius 3 is 2.39 bits per heavy atom. The monoisotopic (exact) mass is 449 g/mol. The lowest BCUT2D eigenvalue weighted by Gasteiger charge is -2.27. The maximum absolute atomic E-state index is 12.3. The van der Waals surface area contributed by atoms with Gasteiger partial charge in [-0.3, -0.25) is 19.8 Å². The van der Waals surface area contributed by atoms with E-state index in [4.69, 9.17) is 4.74 Å². The number of nitrogens with one attached hydrogen (secondary N) is 2. The summed E-state index contributed by atoms with van der Waals surface area (Å²) in [5.74, 6) is -4.43. The highest BCUT2D eigenvalue weighted by Crippen LogP contribution is 2.26. The molecule has 0 radical (unpaired) electrons. The number of amides is 3. The Morgan fingerprint density at radius 1 is 1.06 bits per heavy atom. The number of alkyl halides is 2. The van der Waals surface area contributed by atoms with E-state index in [0.29, 0.717) is 28.0 Å². The minimum absolute atomic E-state index is 0.0958. The van der Waals surface area contributed by atoms with Gasteiger partial charge in [0.25, 0.3) is 11.7 Å². The van der Waals surface area contributed by atoms with Crippen molar-refractivity contribution in [2.24, 2.45) is 0 Å². The predicted octanol–water partition coefficient (Wildman–Crippen LogP) is 2.95. The van der Waals surface area contributed by atoms with Crippen LogP contribution in [0.4, 0.5) is 20.2 Å². The van der Waals surface area contributed by atoms with E-state index in [1.165, 1.54) is 48.5 Å². The summed E-state index contributed by atoms with van der Waals surface area (Å²) in [6.45, 7) is -0.547. The molecule has 0 atom stereocenters. The molecule has 162 valence electrons. The van der Waals surface area contributed by atoms with E-state index < -0.39 is 24.2 Å². The first kappa shape index (κ1) is 22.2. The lowest BCUT2D eigenvalue weighted by Crippen LogP contribution is -2.50. The zero-order valence-electron chi connectivity index (χ0n) is 16.0. The van der Waals surface area contributed by atoms with Gasteiger partial charge >= 0.3 is 5.97 Å². The number of hydrogen-bond donors (Lipinski definition) is 2. The topological polar surface area (TPSA) is 105 Å². The Kier molecular flexibility index (Phi) is 7.19. The number of hydrazine groups is 1. The van der Waals surface area contributed by atoms with Crippen LogP contribution >= 0.6 is 11.8 Å². The number of ether oxygens (including phenoxy) is 1. The largest absolute Gasteiger partial charge is 0.452 e. The van der Waals surface area contributed by atoms with Crippen LogP contribution in [0.1, 0.15) is 23.2 Å². The normalized spacial score (nSPS) is 13.7. The molecule has 3 amide bonds. The van der Waals surface area contributed by atoms with E-state index in [2.05, 4.69) is 10.7 Å². The van der Waals surface area contributed by atoms with Gasteiger partial charge < -0.3 is 10.1 Å². The second kappa shape index (κ2) is 10.0. The fraction of sp³-hybridized carbons (Fsp3) is 0.200. The van der Waals surface area contributed by atoms with Crippen molar-refractivity contribution in [2.45, 2.75) is 23.5 Å². The molecule has 1 aliphatic heterocycles. The second-order valence-corrected chi connectivity index (χ2v) is 7.40. The number of thioether (sulfide) groups is 1. The Morgan fingerprint density at radius 2 is 1.74 bits per heavy atom. The van der Waals surface area contributed by atoms with Gasteiger partial charge in [-0.1, -0.05) is 11.8 Å². The third kappa shape index (κ3) is 6.25. The van der Waals surface area contributed by atoms with Gasteiger partial charge in [0.15, 0.2) is 6.61 Å². The van der Waals surface area contributed by atoms with Crippen molar-refractivity contribution in [2.75, 3.05) is 16.9 Å². The van der Waals surface area contributed by atoms with Crippen molar-refractivity contribution in [3.05, 3.63) is 54.1 Å². The zero-order valence-corrected chi connectivity index (χ0v) is 16.8. The van der Waals surface area contributed by atoms with Crippen LogP contribution in [-0.2, 0) is 19.1 Å². The van der Waals surface area contributed by atoms with Gasteiger partial charge in [-0.25, -0.2) is 9.80 Å². The van der Waals surface area contributed by atoms with Crippen molar-refractivity contribution in [1.29, 1.82) is 0 Å². The Labute approximate surface area is 179 Å². The van der Waals surface area contributed by atoms with E-state index in [1.54, 1.807) is 0 Å². The van der Waals surface area contributed by atoms with Crippen molar-refractivity contribution in [3.63, 3.8) is 0 Å². The lowest BCUT2D eigenvalue weighted by molar-refractivity contribution is -0.130. The number of carbonyl (C=O) groups excluding carboxylic acids is 4. The number of hydrogen-bond acceptors (Lipinski definition) is 6. The molecule has 0 saturated carbocycles. The summed E-state index contributed by atoms with van der Waals surface area (Å²) in [7, 11) is 0. The summed E-state index contributed by atoms with van der Waals surface area (Å²) in [5, 5.41) is 3.60. The van der Waals surface area contributed by atoms with Crippen LogP contribution in [0.15, 0.2) is 53.4 Å². The summed E-state index contributed by atoms with van der Waals surface area (Å²) in [6.07, 6.45) is 0.221. The molecule has 0 bridgehead atoms. The van der Waals surface area contributed by atoms with Gasteiger partial charge in [0, 0.05) is 23.4 Å². The Balaban J connectivity index is 1.50. The average molecular weight is 449 g/mol. The van der Waals surface area contributed by atoms with Crippen LogP contribution in [0.2, 0.25) is 0 Å². The first-order chi connectivity index (χ1) is 14.8. The molecular weight excluding hydrogens is 432 g/mol. The highest BCUT2D eigenvalue weighted by molar-refractivity contribution is 7.99. The summed E-state index contributed by atoms with van der Waals surface area (Å²) in [4.78, 5) is 47.8. The molecule has 0 unspecified atom stereocenters. The third-order valence-electron chi connectivity index (χ3n) is 4.11. The van der Waals surface area contributed by atoms with Gasteiger partial charge in [0.2, 0.25) is 11.8 Å². The summed E-state index contributed by atoms with van der Waals surface area (Å²) >= 11 is 0.390. The van der Waals surface area contributed by atoms with Crippen LogP contribution in [0.25, 0.3) is 0 Å². The maximum atomic E-state index is 12.3. The highest BCUT2D eigenvalue weighted by Gasteiger charge is 2.24. The van der Waals surface area contributed by atoms with E-state index in [9.17, 15) is 28.0 Å². The van der Waals surface area contributed by atoms with Gasteiger partial charge in [-0.15, -0.1) is 0 Å². The number of esters is 1. The fourth-order valence-electron chi connectivity index (χ4n) is 2.66. The predicted molar refractivity (Wildman–Crippen MR) is 109 cm³/mol. The lowest BCUT2D eigenvalue weighted by atomic mass is 10.2. The van der Waals surface area contributed by atoms with E-state index in [-0.39, 0.29) is 30.2 Å². The van der Waals surface area contributed by atoms with Crippen molar-refractivity contribution < 1.29 is 32.7 Å². The minimum Gasteiger partial charge on any atom is -0.452 e. The Hall–Kier alpha value is -3.47. The van der Waals surface area contributed by atoms with E-state index in [1.807, 2.05) is 0 Å². The number of rotatable bonds is 7. The summed E-state index contributed by atoms with van der Waals surface area (Å²) < 4.78 is 29.6. The first-order valence-corrected chi connectivity index (χ1v) is 9.94.